The number of benzene rings is 1. The number of hydrogen-bond acceptors (Lipinski definition) is 3. The van der Waals surface area contributed by atoms with Gasteiger partial charge in [-0.25, -0.2) is 14.1 Å². The topological polar surface area (TPSA) is 59.8 Å². The summed E-state index contributed by atoms with van der Waals surface area (Å²) in [6.07, 6.45) is -2.62. The number of rotatable bonds is 2. The van der Waals surface area contributed by atoms with E-state index in [0.29, 0.717) is 0 Å². The summed E-state index contributed by atoms with van der Waals surface area (Å²) in [7, 11) is 0. The van der Waals surface area contributed by atoms with Crippen molar-refractivity contribution in [2.24, 2.45) is 0 Å². The zero-order valence-corrected chi connectivity index (χ0v) is 9.15. The summed E-state index contributed by atoms with van der Waals surface area (Å²) >= 11 is 0. The molecule has 1 heterocycles. The standard InChI is InChI=1S/C10H6F4N4O/c11-7-3-6(17-9(19)10(12,13)14)1-2-8(7)18-5-15-4-16-18/h1-5H,(H,17,19). The Morgan fingerprint density at radius 1 is 1.32 bits per heavy atom. The van der Waals surface area contributed by atoms with Gasteiger partial charge in [-0.2, -0.15) is 18.3 Å². The van der Waals surface area contributed by atoms with Gasteiger partial charge < -0.3 is 5.32 Å². The van der Waals surface area contributed by atoms with E-state index >= 15 is 0 Å². The maximum Gasteiger partial charge on any atom is 0.471 e. The Bertz CT molecular complexity index is 594. The molecular weight excluding hydrogens is 268 g/mol. The van der Waals surface area contributed by atoms with Gasteiger partial charge in [-0.05, 0) is 18.2 Å². The highest BCUT2D eigenvalue weighted by atomic mass is 19.4. The zero-order chi connectivity index (χ0) is 14.0. The molecule has 19 heavy (non-hydrogen) atoms. The number of carbonyl (C=O) groups is 1. The summed E-state index contributed by atoms with van der Waals surface area (Å²) in [6, 6.07) is 3.07. The molecule has 0 saturated carbocycles. The second-order valence-corrected chi connectivity index (χ2v) is 3.46. The average Bonchev–Trinajstić information content (AvgIpc) is 2.81. The summed E-state index contributed by atoms with van der Waals surface area (Å²) < 4.78 is 50.8. The highest BCUT2D eigenvalue weighted by Crippen LogP contribution is 2.21. The predicted octanol–water partition coefficient (Wildman–Crippen LogP) is 1.91. The maximum absolute atomic E-state index is 13.6. The Morgan fingerprint density at radius 2 is 2.05 bits per heavy atom. The van der Waals surface area contributed by atoms with Crippen molar-refractivity contribution in [2.75, 3.05) is 5.32 Å². The fraction of sp³-hybridized carbons (Fsp3) is 0.100. The van der Waals surface area contributed by atoms with Crippen LogP contribution in [0.25, 0.3) is 5.69 Å². The van der Waals surface area contributed by atoms with Crippen LogP contribution in [0.2, 0.25) is 0 Å². The monoisotopic (exact) mass is 274 g/mol. The molecule has 9 heteroatoms. The Hall–Kier alpha value is -2.45. The molecular formula is C10H6F4N4O. The van der Waals surface area contributed by atoms with Crippen molar-refractivity contribution >= 4 is 11.6 Å². The van der Waals surface area contributed by atoms with Crippen molar-refractivity contribution in [1.82, 2.24) is 14.8 Å². The number of nitrogens with zero attached hydrogens (tertiary/aromatic N) is 3. The van der Waals surface area contributed by atoms with E-state index in [1.807, 2.05) is 0 Å². The number of alkyl halides is 3. The van der Waals surface area contributed by atoms with Crippen LogP contribution < -0.4 is 5.32 Å². The predicted molar refractivity (Wildman–Crippen MR) is 56.0 cm³/mol. The van der Waals surface area contributed by atoms with Gasteiger partial charge in [-0.1, -0.05) is 0 Å². The first-order chi connectivity index (χ1) is 8.88. The van der Waals surface area contributed by atoms with Crippen LogP contribution in [0.4, 0.5) is 23.2 Å². The molecule has 100 valence electrons. The largest absolute Gasteiger partial charge is 0.471 e. The van der Waals surface area contributed by atoms with E-state index in [9.17, 15) is 22.4 Å². The first kappa shape index (κ1) is 13.0. The van der Waals surface area contributed by atoms with Crippen LogP contribution in [0.15, 0.2) is 30.9 Å². The highest BCUT2D eigenvalue weighted by Gasteiger charge is 2.38. The summed E-state index contributed by atoms with van der Waals surface area (Å²) in [6.45, 7) is 0. The van der Waals surface area contributed by atoms with Crippen molar-refractivity contribution < 1.29 is 22.4 Å². The average molecular weight is 274 g/mol. The number of nitrogens with one attached hydrogen (secondary N) is 1. The normalized spacial score (nSPS) is 11.4. The lowest BCUT2D eigenvalue weighted by molar-refractivity contribution is -0.167. The molecule has 0 radical (unpaired) electrons. The third-order valence-electron chi connectivity index (χ3n) is 2.13. The van der Waals surface area contributed by atoms with Gasteiger partial charge in [0.25, 0.3) is 0 Å². The molecule has 0 unspecified atom stereocenters. The van der Waals surface area contributed by atoms with Crippen LogP contribution in [0.1, 0.15) is 0 Å². The number of anilines is 1. The van der Waals surface area contributed by atoms with Gasteiger partial charge in [0.2, 0.25) is 0 Å². The number of amides is 1. The van der Waals surface area contributed by atoms with E-state index in [0.717, 1.165) is 16.8 Å². The van der Waals surface area contributed by atoms with Crippen LogP contribution >= 0.6 is 0 Å². The molecule has 1 aromatic heterocycles. The van der Waals surface area contributed by atoms with Gasteiger partial charge in [-0.15, -0.1) is 0 Å². The molecule has 0 bridgehead atoms. The Balaban J connectivity index is 2.23. The van der Waals surface area contributed by atoms with Gasteiger partial charge in [0, 0.05) is 5.69 Å². The third kappa shape index (κ3) is 2.87. The highest BCUT2D eigenvalue weighted by molar-refractivity contribution is 5.94. The van der Waals surface area contributed by atoms with Crippen LogP contribution in [0.3, 0.4) is 0 Å². The first-order valence-electron chi connectivity index (χ1n) is 4.90. The molecule has 2 aromatic rings. The second-order valence-electron chi connectivity index (χ2n) is 3.46. The number of hydrogen-bond donors (Lipinski definition) is 1. The van der Waals surface area contributed by atoms with E-state index in [-0.39, 0.29) is 11.4 Å². The second kappa shape index (κ2) is 4.67. The Labute approximate surface area is 103 Å². The lowest BCUT2D eigenvalue weighted by atomic mass is 10.2. The SMILES string of the molecule is O=C(Nc1ccc(-n2cncn2)c(F)c1)C(F)(F)F. The molecule has 1 aromatic carbocycles. The molecule has 1 amide bonds. The maximum atomic E-state index is 13.6. The molecule has 0 fully saturated rings. The van der Waals surface area contributed by atoms with E-state index in [1.54, 1.807) is 5.32 Å². The zero-order valence-electron chi connectivity index (χ0n) is 9.15. The summed E-state index contributed by atoms with van der Waals surface area (Å²) in [4.78, 5) is 14.3. The number of halogens is 4. The smallest absolute Gasteiger partial charge is 0.318 e. The fourth-order valence-electron chi connectivity index (χ4n) is 1.31. The van der Waals surface area contributed by atoms with Gasteiger partial charge in [0.05, 0.1) is 0 Å². The van der Waals surface area contributed by atoms with Crippen molar-refractivity contribution in [3.05, 3.63) is 36.7 Å². The number of aromatic nitrogens is 3. The summed E-state index contributed by atoms with van der Waals surface area (Å²) in [5.41, 5.74) is -0.300. The van der Waals surface area contributed by atoms with Crippen LogP contribution in [-0.4, -0.2) is 26.8 Å². The Morgan fingerprint density at radius 3 is 2.58 bits per heavy atom. The molecule has 0 spiro atoms. The summed E-state index contributed by atoms with van der Waals surface area (Å²) in [5.74, 6) is -3.01. The van der Waals surface area contributed by atoms with Crippen molar-refractivity contribution in [3.63, 3.8) is 0 Å². The molecule has 2 rings (SSSR count). The molecule has 5 nitrogen and oxygen atoms in total. The first-order valence-corrected chi connectivity index (χ1v) is 4.90. The van der Waals surface area contributed by atoms with Crippen LogP contribution in [0, 0.1) is 5.82 Å². The van der Waals surface area contributed by atoms with E-state index in [1.165, 1.54) is 18.7 Å². The van der Waals surface area contributed by atoms with Gasteiger partial charge in [0.1, 0.15) is 18.3 Å². The molecule has 0 aliphatic carbocycles. The van der Waals surface area contributed by atoms with Crippen LogP contribution in [0.5, 0.6) is 0 Å². The third-order valence-corrected chi connectivity index (χ3v) is 2.13. The van der Waals surface area contributed by atoms with Gasteiger partial charge in [0.15, 0.2) is 5.82 Å². The van der Waals surface area contributed by atoms with Crippen LogP contribution in [-0.2, 0) is 4.79 Å². The van der Waals surface area contributed by atoms with Crippen molar-refractivity contribution in [2.45, 2.75) is 6.18 Å². The minimum atomic E-state index is -5.03. The summed E-state index contributed by atoms with van der Waals surface area (Å²) in [5, 5.41) is 5.22. The lowest BCUT2D eigenvalue weighted by Gasteiger charge is -2.09. The minimum absolute atomic E-state index is 0.00232. The van der Waals surface area contributed by atoms with E-state index in [4.69, 9.17) is 0 Å². The molecule has 0 aliphatic rings. The number of carbonyl (C=O) groups excluding carboxylic acids is 1. The van der Waals surface area contributed by atoms with Crippen molar-refractivity contribution in [1.29, 1.82) is 0 Å². The van der Waals surface area contributed by atoms with E-state index < -0.39 is 17.9 Å². The quantitative estimate of drug-likeness (QED) is 0.851. The van der Waals surface area contributed by atoms with E-state index in [2.05, 4.69) is 10.1 Å². The Kier molecular flexibility index (Phi) is 3.19. The molecule has 0 saturated heterocycles. The van der Waals surface area contributed by atoms with Gasteiger partial charge >= 0.3 is 12.1 Å². The lowest BCUT2D eigenvalue weighted by Crippen LogP contribution is -2.29. The minimum Gasteiger partial charge on any atom is -0.318 e. The molecule has 0 aliphatic heterocycles. The molecule has 0 atom stereocenters. The molecule has 1 N–H and O–H groups in total. The van der Waals surface area contributed by atoms with Crippen molar-refractivity contribution in [3.8, 4) is 5.69 Å². The fourth-order valence-corrected chi connectivity index (χ4v) is 1.31. The van der Waals surface area contributed by atoms with Gasteiger partial charge in [-0.3, -0.25) is 4.79 Å².